The summed E-state index contributed by atoms with van der Waals surface area (Å²) in [7, 11) is 2.15. The Kier molecular flexibility index (Phi) is 4.73. The van der Waals surface area contributed by atoms with Gasteiger partial charge in [0.15, 0.2) is 0 Å². The number of fused-ring (bicyclic) bond motifs is 2. The van der Waals surface area contributed by atoms with Crippen molar-refractivity contribution in [3.05, 3.63) is 72.3 Å². The number of imidazole rings is 1. The SMILES string of the molecule is CN1CCN(c2ccc(Nc3ccc(-c4ccn5ccnc5c4)c4c3C(=O)NC4)nc2)CC1. The molecule has 2 aliphatic rings. The van der Waals surface area contributed by atoms with Crippen molar-refractivity contribution in [2.75, 3.05) is 43.4 Å². The lowest BCUT2D eigenvalue weighted by Gasteiger charge is -2.33. The van der Waals surface area contributed by atoms with Crippen molar-refractivity contribution >= 4 is 28.7 Å². The van der Waals surface area contributed by atoms with Gasteiger partial charge in [-0.15, -0.1) is 0 Å². The Labute approximate surface area is 191 Å². The van der Waals surface area contributed by atoms with Gasteiger partial charge in [-0.05, 0) is 54.1 Å². The number of pyridine rings is 2. The van der Waals surface area contributed by atoms with E-state index in [1.54, 1.807) is 6.20 Å². The van der Waals surface area contributed by atoms with E-state index in [0.717, 1.165) is 65.7 Å². The quantitative estimate of drug-likeness (QED) is 0.509. The number of hydrogen-bond acceptors (Lipinski definition) is 6. The number of hydrogen-bond donors (Lipinski definition) is 2. The number of amides is 1. The first-order valence-electron chi connectivity index (χ1n) is 11.2. The minimum absolute atomic E-state index is 0.0645. The van der Waals surface area contributed by atoms with Gasteiger partial charge in [0.05, 0.1) is 23.1 Å². The van der Waals surface area contributed by atoms with Gasteiger partial charge in [-0.1, -0.05) is 6.07 Å². The molecule has 1 saturated heterocycles. The van der Waals surface area contributed by atoms with Gasteiger partial charge in [-0.3, -0.25) is 4.79 Å². The number of benzene rings is 1. The smallest absolute Gasteiger partial charge is 0.254 e. The predicted octanol–water partition coefficient (Wildman–Crippen LogP) is 3.14. The first-order valence-corrected chi connectivity index (χ1v) is 11.2. The molecule has 2 N–H and O–H groups in total. The van der Waals surface area contributed by atoms with Gasteiger partial charge in [0.2, 0.25) is 0 Å². The largest absolute Gasteiger partial charge is 0.368 e. The van der Waals surface area contributed by atoms with Crippen LogP contribution in [-0.4, -0.2) is 58.4 Å². The lowest BCUT2D eigenvalue weighted by Crippen LogP contribution is -2.44. The van der Waals surface area contributed by atoms with E-state index in [2.05, 4.69) is 55.6 Å². The molecule has 0 atom stereocenters. The van der Waals surface area contributed by atoms with Crippen molar-refractivity contribution in [2.45, 2.75) is 6.54 Å². The number of nitrogens with zero attached hydrogens (tertiary/aromatic N) is 5. The zero-order valence-corrected chi connectivity index (χ0v) is 18.5. The normalized spacial score (nSPS) is 16.2. The van der Waals surface area contributed by atoms with Crippen LogP contribution in [0.3, 0.4) is 0 Å². The molecule has 8 heteroatoms. The summed E-state index contributed by atoms with van der Waals surface area (Å²) in [5.41, 5.74) is 6.54. The molecule has 2 aliphatic heterocycles. The van der Waals surface area contributed by atoms with Crippen molar-refractivity contribution in [2.24, 2.45) is 0 Å². The highest BCUT2D eigenvalue weighted by atomic mass is 16.1. The minimum Gasteiger partial charge on any atom is -0.368 e. The van der Waals surface area contributed by atoms with Crippen molar-refractivity contribution in [3.63, 3.8) is 0 Å². The molecule has 0 spiro atoms. The van der Waals surface area contributed by atoms with Crippen LogP contribution in [-0.2, 0) is 6.54 Å². The van der Waals surface area contributed by atoms with E-state index in [1.807, 2.05) is 41.2 Å². The molecule has 166 valence electrons. The van der Waals surface area contributed by atoms with Crippen molar-refractivity contribution in [1.29, 1.82) is 0 Å². The Morgan fingerprint density at radius 1 is 1.00 bits per heavy atom. The monoisotopic (exact) mass is 439 g/mol. The summed E-state index contributed by atoms with van der Waals surface area (Å²) in [6.45, 7) is 4.63. The van der Waals surface area contributed by atoms with Gasteiger partial charge in [-0.2, -0.15) is 0 Å². The van der Waals surface area contributed by atoms with Crippen molar-refractivity contribution in [3.8, 4) is 11.1 Å². The third-order valence-electron chi connectivity index (χ3n) is 6.55. The molecular formula is C25H25N7O. The fourth-order valence-electron chi connectivity index (χ4n) is 4.65. The minimum atomic E-state index is -0.0645. The van der Waals surface area contributed by atoms with Crippen LogP contribution < -0.4 is 15.5 Å². The third kappa shape index (κ3) is 3.58. The van der Waals surface area contributed by atoms with E-state index in [-0.39, 0.29) is 5.91 Å². The second-order valence-electron chi connectivity index (χ2n) is 8.62. The number of carbonyl (C=O) groups is 1. The summed E-state index contributed by atoms with van der Waals surface area (Å²) in [4.78, 5) is 26.4. The number of anilines is 3. The lowest BCUT2D eigenvalue weighted by atomic mass is 9.96. The molecule has 1 amide bonds. The van der Waals surface area contributed by atoms with Gasteiger partial charge in [-0.25, -0.2) is 9.97 Å². The Morgan fingerprint density at radius 2 is 1.88 bits per heavy atom. The standard InChI is InChI=1S/C25H25N7O/c1-30-10-12-31(13-11-30)18-2-5-22(27-15-18)29-21-4-3-19(20-16-28-25(33)24(20)21)17-6-8-32-9-7-26-23(32)14-17/h2-9,14-15H,10-13,16H2,1H3,(H,27,29)(H,28,33). The average Bonchev–Trinajstić information content (AvgIpc) is 3.47. The number of piperazine rings is 1. The number of likely N-dealkylation sites (N-methyl/N-ethyl adjacent to an activating group) is 1. The van der Waals surface area contributed by atoms with Crippen LogP contribution in [0.2, 0.25) is 0 Å². The molecule has 0 bridgehead atoms. The maximum absolute atomic E-state index is 12.7. The Bertz CT molecular complexity index is 1340. The second-order valence-corrected chi connectivity index (χ2v) is 8.62. The van der Waals surface area contributed by atoms with Crippen LogP contribution in [0.15, 0.2) is 61.2 Å². The fourth-order valence-corrected chi connectivity index (χ4v) is 4.65. The Morgan fingerprint density at radius 3 is 2.70 bits per heavy atom. The van der Waals surface area contributed by atoms with Crippen LogP contribution in [0.25, 0.3) is 16.8 Å². The Balaban J connectivity index is 1.29. The molecule has 4 aromatic rings. The van der Waals surface area contributed by atoms with Gasteiger partial charge in [0, 0.05) is 51.3 Å². The van der Waals surface area contributed by atoms with E-state index >= 15 is 0 Å². The molecule has 33 heavy (non-hydrogen) atoms. The summed E-state index contributed by atoms with van der Waals surface area (Å²) < 4.78 is 1.97. The van der Waals surface area contributed by atoms with Crippen LogP contribution in [0.5, 0.6) is 0 Å². The molecule has 0 aliphatic carbocycles. The van der Waals surface area contributed by atoms with E-state index in [0.29, 0.717) is 12.1 Å². The second kappa shape index (κ2) is 7.90. The van der Waals surface area contributed by atoms with Crippen molar-refractivity contribution < 1.29 is 4.79 Å². The molecular weight excluding hydrogens is 414 g/mol. The van der Waals surface area contributed by atoms with E-state index in [4.69, 9.17) is 0 Å². The molecule has 3 aromatic heterocycles. The summed E-state index contributed by atoms with van der Waals surface area (Å²) in [6, 6.07) is 12.2. The van der Waals surface area contributed by atoms with Crippen molar-refractivity contribution in [1.82, 2.24) is 24.6 Å². The first kappa shape index (κ1) is 19.8. The highest BCUT2D eigenvalue weighted by molar-refractivity contribution is 6.06. The van der Waals surface area contributed by atoms with Gasteiger partial charge in [0.1, 0.15) is 11.5 Å². The topological polar surface area (TPSA) is 77.8 Å². The van der Waals surface area contributed by atoms with E-state index in [9.17, 15) is 4.79 Å². The fraction of sp³-hybridized carbons (Fsp3) is 0.240. The van der Waals surface area contributed by atoms with Crippen LogP contribution >= 0.6 is 0 Å². The third-order valence-corrected chi connectivity index (χ3v) is 6.55. The van der Waals surface area contributed by atoms with Crippen LogP contribution in [0.4, 0.5) is 17.2 Å². The number of nitrogens with one attached hydrogen (secondary N) is 2. The summed E-state index contributed by atoms with van der Waals surface area (Å²) >= 11 is 0. The average molecular weight is 440 g/mol. The van der Waals surface area contributed by atoms with E-state index in [1.165, 1.54) is 0 Å². The highest BCUT2D eigenvalue weighted by Crippen LogP contribution is 2.35. The maximum Gasteiger partial charge on any atom is 0.254 e. The summed E-state index contributed by atoms with van der Waals surface area (Å²) in [5.74, 6) is 0.659. The molecule has 8 nitrogen and oxygen atoms in total. The molecule has 1 fully saturated rings. The number of aromatic nitrogens is 3. The molecule has 1 aromatic carbocycles. The van der Waals surface area contributed by atoms with Gasteiger partial charge >= 0.3 is 0 Å². The molecule has 0 unspecified atom stereocenters. The highest BCUT2D eigenvalue weighted by Gasteiger charge is 2.26. The lowest BCUT2D eigenvalue weighted by molar-refractivity contribution is 0.0966. The first-order chi connectivity index (χ1) is 16.2. The zero-order valence-electron chi connectivity index (χ0n) is 18.5. The van der Waals surface area contributed by atoms with Gasteiger partial charge in [0.25, 0.3) is 5.91 Å². The molecule has 0 radical (unpaired) electrons. The number of rotatable bonds is 4. The summed E-state index contributed by atoms with van der Waals surface area (Å²) in [6.07, 6.45) is 7.60. The predicted molar refractivity (Wildman–Crippen MR) is 129 cm³/mol. The summed E-state index contributed by atoms with van der Waals surface area (Å²) in [5, 5.41) is 6.34. The Hall–Kier alpha value is -3.91. The molecule has 6 rings (SSSR count). The maximum atomic E-state index is 12.7. The van der Waals surface area contributed by atoms with E-state index < -0.39 is 0 Å². The zero-order chi connectivity index (χ0) is 22.4. The molecule has 5 heterocycles. The van der Waals surface area contributed by atoms with Gasteiger partial charge < -0.3 is 24.8 Å². The van der Waals surface area contributed by atoms with Crippen LogP contribution in [0, 0.1) is 0 Å². The molecule has 0 saturated carbocycles. The number of carbonyl (C=O) groups excluding carboxylic acids is 1. The van der Waals surface area contributed by atoms with Crippen LogP contribution in [0.1, 0.15) is 15.9 Å².